The molecule has 0 heterocycles. The zero-order chi connectivity index (χ0) is 9.84. The average molecular weight is 213 g/mol. The third-order valence-electron chi connectivity index (χ3n) is 1.64. The van der Waals surface area contributed by atoms with Crippen molar-refractivity contribution in [1.29, 1.82) is 5.26 Å². The topological polar surface area (TPSA) is 87.1 Å². The minimum atomic E-state index is -1.10. The van der Waals surface area contributed by atoms with Gasteiger partial charge in [0.15, 0.2) is 0 Å². The molecule has 0 bridgehead atoms. The van der Waals surface area contributed by atoms with E-state index < -0.39 is 12.0 Å². The van der Waals surface area contributed by atoms with Crippen molar-refractivity contribution < 1.29 is 9.90 Å². The standard InChI is InChI=1S/C9H8N2O2.ClH/c10-5-6-2-1-3-7(4-6)8(11)9(12)13;/h1-4,8H,11H2,(H,12,13);1H/t8-;/m0./s1. The smallest absolute Gasteiger partial charge is 0.325 e. The minimum Gasteiger partial charge on any atom is -0.480 e. The fourth-order valence-electron chi connectivity index (χ4n) is 0.944. The maximum absolute atomic E-state index is 10.5. The van der Waals surface area contributed by atoms with Crippen molar-refractivity contribution in [2.24, 2.45) is 5.73 Å². The Labute approximate surface area is 87.4 Å². The molecular weight excluding hydrogens is 204 g/mol. The molecule has 1 aromatic rings. The number of carboxylic acid groups (broad SMARTS) is 1. The van der Waals surface area contributed by atoms with Gasteiger partial charge in [-0.25, -0.2) is 0 Å². The molecule has 0 aromatic heterocycles. The number of hydrogen-bond donors (Lipinski definition) is 2. The zero-order valence-corrected chi connectivity index (χ0v) is 7.99. The predicted octanol–water partition coefficient (Wildman–Crippen LogP) is 1.06. The molecule has 4 nitrogen and oxygen atoms in total. The summed E-state index contributed by atoms with van der Waals surface area (Å²) in [7, 11) is 0. The van der Waals surface area contributed by atoms with Crippen LogP contribution in [0.15, 0.2) is 24.3 Å². The lowest BCUT2D eigenvalue weighted by molar-refractivity contribution is -0.138. The maximum Gasteiger partial charge on any atom is 0.325 e. The van der Waals surface area contributed by atoms with Crippen LogP contribution in [-0.4, -0.2) is 11.1 Å². The molecule has 1 rings (SSSR count). The molecule has 3 N–H and O–H groups in total. The van der Waals surface area contributed by atoms with Crippen LogP contribution < -0.4 is 5.73 Å². The Morgan fingerprint density at radius 2 is 2.21 bits per heavy atom. The summed E-state index contributed by atoms with van der Waals surface area (Å²) >= 11 is 0. The van der Waals surface area contributed by atoms with Gasteiger partial charge in [-0.1, -0.05) is 12.1 Å². The Hall–Kier alpha value is -1.57. The molecule has 74 valence electrons. The van der Waals surface area contributed by atoms with Gasteiger partial charge < -0.3 is 10.8 Å². The number of carbonyl (C=O) groups is 1. The Morgan fingerprint density at radius 1 is 1.57 bits per heavy atom. The summed E-state index contributed by atoms with van der Waals surface area (Å²) in [5.74, 6) is -1.10. The normalized spacial score (nSPS) is 10.9. The van der Waals surface area contributed by atoms with E-state index in [0.29, 0.717) is 11.1 Å². The number of rotatable bonds is 2. The molecule has 1 atom stereocenters. The molecule has 14 heavy (non-hydrogen) atoms. The van der Waals surface area contributed by atoms with Crippen LogP contribution in [0.5, 0.6) is 0 Å². The van der Waals surface area contributed by atoms with Crippen LogP contribution in [0.1, 0.15) is 17.2 Å². The van der Waals surface area contributed by atoms with Crippen molar-refractivity contribution in [2.45, 2.75) is 6.04 Å². The van der Waals surface area contributed by atoms with Crippen molar-refractivity contribution in [3.05, 3.63) is 35.4 Å². The fraction of sp³-hybridized carbons (Fsp3) is 0.111. The van der Waals surface area contributed by atoms with Crippen LogP contribution in [0.3, 0.4) is 0 Å². The number of nitrogens with two attached hydrogens (primary N) is 1. The molecule has 0 aliphatic carbocycles. The highest BCUT2D eigenvalue weighted by atomic mass is 35.5. The van der Waals surface area contributed by atoms with Crippen LogP contribution >= 0.6 is 12.4 Å². The first-order valence-corrected chi connectivity index (χ1v) is 3.63. The van der Waals surface area contributed by atoms with E-state index in [1.54, 1.807) is 18.2 Å². The number of benzene rings is 1. The van der Waals surface area contributed by atoms with E-state index in [1.807, 2.05) is 6.07 Å². The maximum atomic E-state index is 10.5. The van der Waals surface area contributed by atoms with Gasteiger partial charge in [0.1, 0.15) is 6.04 Å². The van der Waals surface area contributed by atoms with Crippen LogP contribution in [-0.2, 0) is 4.79 Å². The van der Waals surface area contributed by atoms with Gasteiger partial charge in [-0.15, -0.1) is 12.4 Å². The summed E-state index contributed by atoms with van der Waals surface area (Å²) in [4.78, 5) is 10.5. The van der Waals surface area contributed by atoms with Crippen LogP contribution in [0.2, 0.25) is 0 Å². The summed E-state index contributed by atoms with van der Waals surface area (Å²) in [5, 5.41) is 17.1. The Bertz CT molecular complexity index is 373. The van der Waals surface area contributed by atoms with Gasteiger partial charge in [-0.05, 0) is 17.7 Å². The number of nitrogens with zero attached hydrogens (tertiary/aromatic N) is 1. The molecular formula is C9H9ClN2O2. The molecule has 0 aliphatic rings. The summed E-state index contributed by atoms with van der Waals surface area (Å²) in [6.07, 6.45) is 0. The van der Waals surface area contributed by atoms with E-state index in [-0.39, 0.29) is 12.4 Å². The van der Waals surface area contributed by atoms with Gasteiger partial charge in [0.05, 0.1) is 11.6 Å². The van der Waals surface area contributed by atoms with Gasteiger partial charge in [0.25, 0.3) is 0 Å². The average Bonchev–Trinajstić information content (AvgIpc) is 2.16. The molecule has 1 aromatic carbocycles. The molecule has 0 fully saturated rings. The first kappa shape index (κ1) is 12.4. The first-order valence-electron chi connectivity index (χ1n) is 3.63. The number of carboxylic acids is 1. The third-order valence-corrected chi connectivity index (χ3v) is 1.64. The number of nitriles is 1. The summed E-state index contributed by atoms with van der Waals surface area (Å²) < 4.78 is 0. The first-order chi connectivity index (χ1) is 6.15. The predicted molar refractivity (Wildman–Crippen MR) is 53.0 cm³/mol. The fourth-order valence-corrected chi connectivity index (χ4v) is 0.944. The molecule has 0 radical (unpaired) electrons. The minimum absolute atomic E-state index is 0. The van der Waals surface area contributed by atoms with Crippen molar-refractivity contribution in [3.8, 4) is 6.07 Å². The van der Waals surface area contributed by atoms with Crippen LogP contribution in [0.25, 0.3) is 0 Å². The summed E-state index contributed by atoms with van der Waals surface area (Å²) in [6, 6.07) is 7.11. The quantitative estimate of drug-likeness (QED) is 0.768. The Balaban J connectivity index is 0.00000169. The third kappa shape index (κ3) is 2.73. The van der Waals surface area contributed by atoms with E-state index in [9.17, 15) is 4.79 Å². The lowest BCUT2D eigenvalue weighted by Crippen LogP contribution is -2.20. The van der Waals surface area contributed by atoms with E-state index in [1.165, 1.54) is 6.07 Å². The lowest BCUT2D eigenvalue weighted by Gasteiger charge is -2.05. The van der Waals surface area contributed by atoms with Crippen molar-refractivity contribution in [2.75, 3.05) is 0 Å². The Kier molecular flexibility index (Phi) is 4.64. The highest BCUT2D eigenvalue weighted by Gasteiger charge is 2.13. The van der Waals surface area contributed by atoms with Crippen molar-refractivity contribution >= 4 is 18.4 Å². The second kappa shape index (κ2) is 5.22. The van der Waals surface area contributed by atoms with E-state index in [0.717, 1.165) is 0 Å². The highest BCUT2D eigenvalue weighted by Crippen LogP contribution is 2.11. The molecule has 0 saturated carbocycles. The number of aliphatic carboxylic acids is 1. The Morgan fingerprint density at radius 3 is 2.71 bits per heavy atom. The van der Waals surface area contributed by atoms with Gasteiger partial charge in [0, 0.05) is 0 Å². The second-order valence-electron chi connectivity index (χ2n) is 2.55. The van der Waals surface area contributed by atoms with E-state index >= 15 is 0 Å². The van der Waals surface area contributed by atoms with Gasteiger partial charge in [-0.3, -0.25) is 4.79 Å². The van der Waals surface area contributed by atoms with Gasteiger partial charge >= 0.3 is 5.97 Å². The summed E-state index contributed by atoms with van der Waals surface area (Å²) in [6.45, 7) is 0. The number of hydrogen-bond acceptors (Lipinski definition) is 3. The highest BCUT2D eigenvalue weighted by molar-refractivity contribution is 5.85. The zero-order valence-electron chi connectivity index (χ0n) is 7.18. The molecule has 0 spiro atoms. The molecule has 5 heteroatoms. The molecule has 0 aliphatic heterocycles. The van der Waals surface area contributed by atoms with Crippen molar-refractivity contribution in [3.63, 3.8) is 0 Å². The number of halogens is 1. The van der Waals surface area contributed by atoms with E-state index in [4.69, 9.17) is 16.1 Å². The van der Waals surface area contributed by atoms with Crippen molar-refractivity contribution in [1.82, 2.24) is 0 Å². The van der Waals surface area contributed by atoms with E-state index in [2.05, 4.69) is 0 Å². The largest absolute Gasteiger partial charge is 0.480 e. The van der Waals surface area contributed by atoms with Gasteiger partial charge in [-0.2, -0.15) is 5.26 Å². The monoisotopic (exact) mass is 212 g/mol. The molecule has 0 saturated heterocycles. The SMILES string of the molecule is Cl.N#Cc1cccc([C@H](N)C(=O)O)c1. The summed E-state index contributed by atoms with van der Waals surface area (Å²) in [5.41, 5.74) is 6.20. The van der Waals surface area contributed by atoms with Crippen LogP contribution in [0, 0.1) is 11.3 Å². The van der Waals surface area contributed by atoms with Gasteiger partial charge in [0.2, 0.25) is 0 Å². The molecule has 0 unspecified atom stereocenters. The molecule has 0 amide bonds. The van der Waals surface area contributed by atoms with Crippen LogP contribution in [0.4, 0.5) is 0 Å². The lowest BCUT2D eigenvalue weighted by atomic mass is 10.1. The second-order valence-corrected chi connectivity index (χ2v) is 2.55.